The third-order valence-corrected chi connectivity index (χ3v) is 20.2. The van der Waals surface area contributed by atoms with Gasteiger partial charge in [-0.3, -0.25) is 9.13 Å². The average molecular weight is 950 g/mol. The third-order valence-electron chi connectivity index (χ3n) is 20.2. The summed E-state index contributed by atoms with van der Waals surface area (Å²) < 4.78 is 7.29. The summed E-state index contributed by atoms with van der Waals surface area (Å²) in [7, 11) is 51.9. The summed E-state index contributed by atoms with van der Waals surface area (Å²) in [5.74, 6) is 1.75. The minimum atomic E-state index is 0.583. The van der Waals surface area contributed by atoms with Crippen LogP contribution in [0.4, 0.5) is 0 Å². The summed E-state index contributed by atoms with van der Waals surface area (Å²) in [5, 5.41) is 18.1. The zero-order valence-electron chi connectivity index (χ0n) is 49.4. The first-order chi connectivity index (χ1) is 35.8. The van der Waals surface area contributed by atoms with Crippen LogP contribution >= 0.6 is 0 Å². The normalized spacial score (nSPS) is 11.8. The highest BCUT2D eigenvalue weighted by atomic mass is 15.3. The van der Waals surface area contributed by atoms with Crippen molar-refractivity contribution in [1.82, 2.24) is 28.7 Å². The lowest BCUT2D eigenvalue weighted by Gasteiger charge is -2.20. The van der Waals surface area contributed by atoms with Crippen molar-refractivity contribution < 1.29 is 0 Å². The molecule has 0 radical (unpaired) electrons. The molecule has 76 heavy (non-hydrogen) atoms. The Kier molecular flexibility index (Phi) is 12.1. The fourth-order valence-corrected chi connectivity index (χ4v) is 13.8. The van der Waals surface area contributed by atoms with Crippen molar-refractivity contribution in [3.63, 3.8) is 0 Å². The molecule has 0 saturated carbocycles. The van der Waals surface area contributed by atoms with Gasteiger partial charge in [0.15, 0.2) is 5.82 Å². The molecule has 0 saturated heterocycles. The molecule has 0 aliphatic carbocycles. The SMILES string of the molecule is Bc1c(B)c(B)c2c(c1B)c1c(B)c(B)c(B)c(B)c1n2-c1nc(-c2ccccc2-n2c3c(B)c(B)c(B)c(B)c3c3c(B)c(C#N)c(B)c(B)c32)nc(-n2c3c(B)c(B)c(B)c(B)c3c3c(B)c(B)c(B)c(B)c32)n1. The van der Waals surface area contributed by atoms with Gasteiger partial charge in [0.25, 0.3) is 0 Å². The van der Waals surface area contributed by atoms with E-state index >= 15 is 0 Å². The Hall–Kier alpha value is -6.07. The average Bonchev–Trinajstić information content (AvgIpc) is 4.31. The van der Waals surface area contributed by atoms with Gasteiger partial charge in [0, 0.05) is 49.6 Å². The van der Waals surface area contributed by atoms with Crippen LogP contribution < -0.4 is 126 Å². The molecule has 4 heterocycles. The van der Waals surface area contributed by atoms with E-state index in [-0.39, 0.29) is 0 Å². The van der Waals surface area contributed by atoms with E-state index in [1.807, 2.05) is 0 Å². The van der Waals surface area contributed by atoms with Gasteiger partial charge >= 0.3 is 0 Å². The summed E-state index contributed by atoms with van der Waals surface area (Å²) in [6.07, 6.45) is 0. The Morgan fingerprint density at radius 3 is 0.868 bits per heavy atom. The van der Waals surface area contributed by atoms with Crippen molar-refractivity contribution in [2.24, 2.45) is 0 Å². The number of aromatic nitrogens is 6. The van der Waals surface area contributed by atoms with Gasteiger partial charge in [-0.25, -0.2) is 0 Å². The Morgan fingerprint density at radius 2 is 0.553 bits per heavy atom. The first-order valence-electron chi connectivity index (χ1n) is 27.2. The van der Waals surface area contributed by atoms with E-state index in [1.54, 1.807) is 0 Å². The van der Waals surface area contributed by atoms with Crippen molar-refractivity contribution in [3.8, 4) is 35.0 Å². The molecule has 0 N–H and O–H groups in total. The Morgan fingerprint density at radius 1 is 0.289 bits per heavy atom. The number of para-hydroxylation sites is 1. The first-order valence-corrected chi connectivity index (χ1v) is 27.2. The molecule has 0 bridgehead atoms. The number of nitrogens with zero attached hydrogens (tertiary/aromatic N) is 7. The van der Waals surface area contributed by atoms with Gasteiger partial charge in [-0.15, -0.1) is 27.3 Å². The quantitative estimate of drug-likeness (QED) is 0.165. The van der Waals surface area contributed by atoms with Crippen molar-refractivity contribution >= 4 is 372 Å². The molecular weight excluding hydrogens is 899 g/mol. The summed E-state index contributed by atoms with van der Waals surface area (Å²) >= 11 is 0. The van der Waals surface area contributed by atoms with Gasteiger partial charge in [-0.2, -0.15) is 20.2 Å². The second-order valence-electron chi connectivity index (χ2n) is 23.0. The molecule has 4 aromatic heterocycles. The predicted molar refractivity (Wildman–Crippen MR) is 401 cm³/mol. The topological polar surface area (TPSA) is 77.2 Å². The molecule has 11 aromatic rings. The number of fused-ring (bicyclic) bond motifs is 9. The molecule has 0 atom stereocenters. The Labute approximate surface area is 467 Å². The molecule has 11 rings (SSSR count). The van der Waals surface area contributed by atoms with Crippen LogP contribution in [0.3, 0.4) is 0 Å². The van der Waals surface area contributed by atoms with Crippen LogP contribution in [0.5, 0.6) is 0 Å². The molecular formula is C46H50B23N7. The smallest absolute Gasteiger partial charge is 0.240 e. The Balaban J connectivity index is 1.41. The molecule has 338 valence electrons. The van der Waals surface area contributed by atoms with Gasteiger partial charge < -0.3 is 4.57 Å². The highest BCUT2D eigenvalue weighted by molar-refractivity contribution is 6.74. The third kappa shape index (κ3) is 6.59. The summed E-state index contributed by atoms with van der Waals surface area (Å²) in [5.41, 5.74) is 37.9. The van der Waals surface area contributed by atoms with Crippen LogP contribution in [0.1, 0.15) is 5.56 Å². The molecule has 0 fully saturated rings. The van der Waals surface area contributed by atoms with Gasteiger partial charge in [0.1, 0.15) is 180 Å². The monoisotopic (exact) mass is 954 g/mol. The van der Waals surface area contributed by atoms with Gasteiger partial charge in [0.2, 0.25) is 11.9 Å². The highest BCUT2D eigenvalue weighted by Gasteiger charge is 2.31. The fraction of sp³-hybridized carbons (Fsp3) is 0. The number of benzene rings is 7. The predicted octanol–water partition coefficient (Wildman–Crippen LogP) is -29.4. The second kappa shape index (κ2) is 17.7. The van der Waals surface area contributed by atoms with E-state index in [2.05, 4.69) is 225 Å². The second-order valence-corrected chi connectivity index (χ2v) is 23.0. The maximum atomic E-state index is 10.7. The molecule has 0 amide bonds. The van der Waals surface area contributed by atoms with Crippen molar-refractivity contribution in [3.05, 3.63) is 29.8 Å². The number of hydrogen-bond donors (Lipinski definition) is 0. The van der Waals surface area contributed by atoms with Gasteiger partial charge in [0.05, 0.1) is 11.8 Å². The van der Waals surface area contributed by atoms with Crippen LogP contribution in [0.15, 0.2) is 24.3 Å². The maximum absolute atomic E-state index is 10.7. The van der Waals surface area contributed by atoms with Gasteiger partial charge in [-0.1, -0.05) is 110 Å². The van der Waals surface area contributed by atoms with Crippen LogP contribution in [-0.4, -0.2) is 209 Å². The number of rotatable bonds is 4. The van der Waals surface area contributed by atoms with E-state index in [9.17, 15) is 5.26 Å². The largest absolute Gasteiger partial charge is 0.310 e. The zero-order valence-corrected chi connectivity index (χ0v) is 49.4. The summed E-state index contributed by atoms with van der Waals surface area (Å²) in [4.78, 5) is 17.6. The molecule has 0 aliphatic heterocycles. The van der Waals surface area contributed by atoms with E-state index in [1.165, 1.54) is 136 Å². The van der Waals surface area contributed by atoms with E-state index in [0.717, 1.165) is 71.7 Å². The summed E-state index contributed by atoms with van der Waals surface area (Å²) in [6, 6.07) is 11.3. The van der Waals surface area contributed by atoms with E-state index < -0.39 is 0 Å². The highest BCUT2D eigenvalue weighted by Crippen LogP contribution is 2.35. The van der Waals surface area contributed by atoms with Crippen LogP contribution in [0.25, 0.3) is 94.4 Å². The van der Waals surface area contributed by atoms with Gasteiger partial charge in [-0.05, 0) is 39.1 Å². The van der Waals surface area contributed by atoms with Crippen LogP contribution in [-0.2, 0) is 0 Å². The molecule has 0 aliphatic rings. The molecule has 0 unspecified atom stereocenters. The number of nitriles is 1. The van der Waals surface area contributed by atoms with E-state index in [4.69, 9.17) is 15.0 Å². The standard InChI is InChI=1S/C46H50B23N7/c47-15-7(5-70)16(48)32(64)38-9(15)10-17(49)22(54)27(59)33(65)39(10)74(38)8-4-2-1-3-6(8)44-71-45(75-40-11(18(50)23(55)28(60)34(40)66)12-19(51)24(56)29(61)35(67)41(12)75)73-46(72-44)76-42-13(20(52)25(57)30(62)36(42)68)14-21(53)26(58)31(63)37(69)43(14)76/h1-4H,47-69H2. The lowest BCUT2D eigenvalue weighted by atomic mass is 9.63. The van der Waals surface area contributed by atoms with Crippen molar-refractivity contribution in [2.45, 2.75) is 0 Å². The van der Waals surface area contributed by atoms with Crippen LogP contribution in [0.2, 0.25) is 0 Å². The molecule has 30 heteroatoms. The van der Waals surface area contributed by atoms with E-state index in [0.29, 0.717) is 17.7 Å². The first kappa shape index (κ1) is 52.0. The Bertz CT molecular complexity index is 4310. The molecule has 7 nitrogen and oxygen atoms in total. The van der Waals surface area contributed by atoms with Crippen molar-refractivity contribution in [1.29, 1.82) is 5.26 Å². The lowest BCUT2D eigenvalue weighted by Crippen LogP contribution is -2.49. The molecule has 0 spiro atoms. The van der Waals surface area contributed by atoms with Crippen LogP contribution in [0, 0.1) is 11.3 Å². The fourth-order valence-electron chi connectivity index (χ4n) is 13.8. The summed E-state index contributed by atoms with van der Waals surface area (Å²) in [6.45, 7) is 0. The minimum absolute atomic E-state index is 0.583. The maximum Gasteiger partial charge on any atom is 0.240 e. The zero-order chi connectivity index (χ0) is 55.1. The van der Waals surface area contributed by atoms with Crippen molar-refractivity contribution in [2.75, 3.05) is 0 Å². The molecule has 7 aromatic carbocycles. The lowest BCUT2D eigenvalue weighted by molar-refractivity contribution is 0.895. The minimum Gasteiger partial charge on any atom is -0.310 e. The number of hydrogen-bond acceptors (Lipinski definition) is 4.